The van der Waals surface area contributed by atoms with Crippen LogP contribution in [0.15, 0.2) is 30.6 Å². The largest absolute Gasteiger partial charge is 0.343 e. The summed E-state index contributed by atoms with van der Waals surface area (Å²) in [6.45, 7) is 2.42. The first-order valence-corrected chi connectivity index (χ1v) is 8.62. The predicted molar refractivity (Wildman–Crippen MR) is 91.7 cm³/mol. The van der Waals surface area contributed by atoms with Crippen molar-refractivity contribution >= 4 is 17.5 Å². The van der Waals surface area contributed by atoms with Crippen molar-refractivity contribution in [3.05, 3.63) is 42.0 Å². The summed E-state index contributed by atoms with van der Waals surface area (Å²) in [4.78, 5) is 31.1. The van der Waals surface area contributed by atoms with E-state index in [0.717, 1.165) is 30.5 Å². The zero-order chi connectivity index (χ0) is 17.4. The molecule has 1 saturated heterocycles. The van der Waals surface area contributed by atoms with Crippen LogP contribution >= 0.6 is 0 Å². The smallest absolute Gasteiger partial charge is 0.227 e. The molecule has 1 aliphatic carbocycles. The third kappa shape index (κ3) is 2.79. The van der Waals surface area contributed by atoms with Gasteiger partial charge in [0.25, 0.3) is 0 Å². The van der Waals surface area contributed by atoms with Crippen LogP contribution in [-0.2, 0) is 15.1 Å². The number of hydrogen-bond acceptors (Lipinski definition) is 4. The van der Waals surface area contributed by atoms with Crippen LogP contribution in [-0.4, -0.2) is 33.5 Å². The lowest BCUT2D eigenvalue weighted by Gasteiger charge is -2.41. The summed E-state index contributed by atoms with van der Waals surface area (Å²) in [5, 5.41) is 9.89. The van der Waals surface area contributed by atoms with E-state index in [2.05, 4.69) is 20.5 Å². The number of hydrogen-bond donors (Lipinski definition) is 2. The summed E-state index contributed by atoms with van der Waals surface area (Å²) >= 11 is 0. The van der Waals surface area contributed by atoms with E-state index in [0.29, 0.717) is 12.4 Å². The number of carbonyl (C=O) groups is 2. The lowest BCUT2D eigenvalue weighted by Crippen LogP contribution is -2.53. The minimum atomic E-state index is -0.450. The molecule has 2 heterocycles. The van der Waals surface area contributed by atoms with Gasteiger partial charge in [0.2, 0.25) is 11.8 Å². The average Bonchev–Trinajstić information content (AvgIpc) is 3.22. The zero-order valence-electron chi connectivity index (χ0n) is 14.2. The molecule has 0 radical (unpaired) electrons. The van der Waals surface area contributed by atoms with E-state index in [-0.39, 0.29) is 24.2 Å². The Morgan fingerprint density at radius 2 is 2.08 bits per heavy atom. The molecule has 0 bridgehead atoms. The first-order valence-electron chi connectivity index (χ1n) is 8.62. The highest BCUT2D eigenvalue weighted by atomic mass is 16.2. The van der Waals surface area contributed by atoms with Gasteiger partial charge in [-0.1, -0.05) is 17.7 Å². The van der Waals surface area contributed by atoms with Crippen LogP contribution in [0.25, 0.3) is 0 Å². The van der Waals surface area contributed by atoms with E-state index in [1.165, 1.54) is 6.33 Å². The molecular formula is C18H21N5O2. The molecule has 1 unspecified atom stereocenters. The van der Waals surface area contributed by atoms with Crippen LogP contribution in [0.1, 0.15) is 37.1 Å². The molecule has 130 valence electrons. The molecule has 2 N–H and O–H groups in total. The summed E-state index contributed by atoms with van der Waals surface area (Å²) in [6, 6.07) is 7.80. The van der Waals surface area contributed by atoms with E-state index >= 15 is 0 Å². The molecule has 2 amide bonds. The first kappa shape index (κ1) is 15.8. The fraction of sp³-hybridized carbons (Fsp3) is 0.444. The minimum absolute atomic E-state index is 0.00803. The predicted octanol–water partition coefficient (Wildman–Crippen LogP) is 1.66. The summed E-state index contributed by atoms with van der Waals surface area (Å²) in [5.41, 5.74) is 1.54. The van der Waals surface area contributed by atoms with Crippen molar-refractivity contribution in [3.63, 3.8) is 0 Å². The Hall–Kier alpha value is -2.70. The first-order chi connectivity index (χ1) is 12.1. The van der Waals surface area contributed by atoms with Crippen LogP contribution in [0, 0.1) is 12.8 Å². The number of carbonyl (C=O) groups excluding carboxylic acids is 2. The number of amides is 2. The van der Waals surface area contributed by atoms with Gasteiger partial charge >= 0.3 is 0 Å². The number of anilines is 1. The molecule has 7 heteroatoms. The van der Waals surface area contributed by atoms with E-state index in [4.69, 9.17) is 0 Å². The second-order valence-corrected chi connectivity index (χ2v) is 7.00. The lowest BCUT2D eigenvalue weighted by molar-refractivity contribution is -0.129. The Labute approximate surface area is 145 Å². The molecule has 1 aromatic carbocycles. The van der Waals surface area contributed by atoms with E-state index in [1.807, 2.05) is 31.2 Å². The van der Waals surface area contributed by atoms with E-state index in [1.54, 1.807) is 4.90 Å². The van der Waals surface area contributed by atoms with Crippen molar-refractivity contribution in [2.45, 2.75) is 38.1 Å². The number of aryl methyl sites for hydroxylation is 1. The molecular weight excluding hydrogens is 318 g/mol. The van der Waals surface area contributed by atoms with Crippen LogP contribution in [0.2, 0.25) is 0 Å². The van der Waals surface area contributed by atoms with Gasteiger partial charge in [-0.05, 0) is 38.3 Å². The Kier molecular flexibility index (Phi) is 3.78. The van der Waals surface area contributed by atoms with Crippen LogP contribution in [0.3, 0.4) is 0 Å². The van der Waals surface area contributed by atoms with Gasteiger partial charge in [-0.2, -0.15) is 5.10 Å². The Morgan fingerprint density at radius 1 is 1.32 bits per heavy atom. The van der Waals surface area contributed by atoms with Gasteiger partial charge < -0.3 is 10.2 Å². The van der Waals surface area contributed by atoms with Crippen molar-refractivity contribution in [1.29, 1.82) is 0 Å². The van der Waals surface area contributed by atoms with Crippen LogP contribution in [0.5, 0.6) is 0 Å². The normalized spacial score (nSPS) is 21.9. The fourth-order valence-electron chi connectivity index (χ4n) is 3.58. The molecule has 7 nitrogen and oxygen atoms in total. The molecule has 1 aliphatic heterocycles. The monoisotopic (exact) mass is 339 g/mol. The highest BCUT2D eigenvalue weighted by Crippen LogP contribution is 2.40. The number of benzene rings is 1. The van der Waals surface area contributed by atoms with Crippen LogP contribution in [0.4, 0.5) is 5.69 Å². The summed E-state index contributed by atoms with van der Waals surface area (Å²) in [6.07, 6.45) is 4.43. The summed E-state index contributed by atoms with van der Waals surface area (Å²) in [7, 11) is 0. The third-order valence-corrected chi connectivity index (χ3v) is 5.28. The van der Waals surface area contributed by atoms with Gasteiger partial charge in [0.15, 0.2) is 0 Å². The van der Waals surface area contributed by atoms with Gasteiger partial charge in [0.05, 0.1) is 11.5 Å². The zero-order valence-corrected chi connectivity index (χ0v) is 14.2. The van der Waals surface area contributed by atoms with Crippen molar-refractivity contribution in [1.82, 2.24) is 20.5 Å². The topological polar surface area (TPSA) is 91.0 Å². The molecule has 2 aromatic rings. The second kappa shape index (κ2) is 5.98. The van der Waals surface area contributed by atoms with E-state index < -0.39 is 5.54 Å². The molecule has 25 heavy (non-hydrogen) atoms. The average molecular weight is 339 g/mol. The molecule has 1 aromatic heterocycles. The van der Waals surface area contributed by atoms with Crippen molar-refractivity contribution in [2.75, 3.05) is 11.4 Å². The standard InChI is InChI=1S/C18H21N5O2/c1-12-3-5-14(6-4-12)23-10-13(9-15(23)24)16(25)21-18(7-2-8-18)17-19-11-20-22-17/h3-6,11,13H,2,7-10H2,1H3,(H,21,25)(H,19,20,22). The molecule has 0 spiro atoms. The number of nitrogens with zero attached hydrogens (tertiary/aromatic N) is 3. The fourth-order valence-corrected chi connectivity index (χ4v) is 3.58. The van der Waals surface area contributed by atoms with Gasteiger partial charge in [-0.3, -0.25) is 14.7 Å². The highest BCUT2D eigenvalue weighted by molar-refractivity contribution is 6.00. The van der Waals surface area contributed by atoms with Crippen molar-refractivity contribution in [3.8, 4) is 0 Å². The molecule has 1 atom stereocenters. The molecule has 2 aliphatic rings. The second-order valence-electron chi connectivity index (χ2n) is 7.00. The van der Waals surface area contributed by atoms with Crippen molar-refractivity contribution < 1.29 is 9.59 Å². The minimum Gasteiger partial charge on any atom is -0.343 e. The Balaban J connectivity index is 1.46. The number of H-pyrrole nitrogens is 1. The number of rotatable bonds is 4. The van der Waals surface area contributed by atoms with Crippen LogP contribution < -0.4 is 10.2 Å². The van der Waals surface area contributed by atoms with Gasteiger partial charge in [-0.15, -0.1) is 0 Å². The summed E-state index contributed by atoms with van der Waals surface area (Å²) < 4.78 is 0. The number of aromatic nitrogens is 3. The quantitative estimate of drug-likeness (QED) is 0.886. The van der Waals surface area contributed by atoms with Gasteiger partial charge in [0.1, 0.15) is 12.2 Å². The van der Waals surface area contributed by atoms with Gasteiger partial charge in [-0.25, -0.2) is 4.98 Å². The molecule has 1 saturated carbocycles. The van der Waals surface area contributed by atoms with Crippen molar-refractivity contribution in [2.24, 2.45) is 5.92 Å². The lowest BCUT2D eigenvalue weighted by atomic mass is 9.75. The number of nitrogens with one attached hydrogen (secondary N) is 2. The maximum absolute atomic E-state index is 12.8. The van der Waals surface area contributed by atoms with E-state index in [9.17, 15) is 9.59 Å². The maximum atomic E-state index is 12.8. The molecule has 4 rings (SSSR count). The number of aromatic amines is 1. The Morgan fingerprint density at radius 3 is 2.68 bits per heavy atom. The highest BCUT2D eigenvalue weighted by Gasteiger charge is 2.45. The summed E-state index contributed by atoms with van der Waals surface area (Å²) in [5.74, 6) is 0.270. The SMILES string of the molecule is Cc1ccc(N2CC(C(=O)NC3(c4ncn[nH]4)CCC3)CC2=O)cc1. The third-order valence-electron chi connectivity index (χ3n) is 5.28. The molecule has 2 fully saturated rings. The Bertz CT molecular complexity index is 780. The maximum Gasteiger partial charge on any atom is 0.227 e. The van der Waals surface area contributed by atoms with Gasteiger partial charge in [0, 0.05) is 18.7 Å².